The molecule has 0 saturated carbocycles. The molecule has 1 aromatic heterocycles. The molecule has 5 rings (SSSR count). The Labute approximate surface area is 239 Å². The van der Waals surface area contributed by atoms with Crippen molar-refractivity contribution in [2.45, 2.75) is 31.7 Å². The number of rotatable bonds is 7. The SMILES string of the molecule is Cc1ccc(NC(=O)c2cccc(CSc3nc(Cl)cc(N4CCN(c5ccccc5C)CC4)n3)c2)cc1C. The molecule has 1 fully saturated rings. The Morgan fingerprint density at radius 2 is 1.62 bits per heavy atom. The number of aromatic nitrogens is 2. The summed E-state index contributed by atoms with van der Waals surface area (Å²) in [4.78, 5) is 26.8. The smallest absolute Gasteiger partial charge is 0.255 e. The van der Waals surface area contributed by atoms with Gasteiger partial charge in [-0.3, -0.25) is 4.79 Å². The fourth-order valence-corrected chi connectivity index (χ4v) is 5.70. The van der Waals surface area contributed by atoms with E-state index in [9.17, 15) is 4.79 Å². The highest BCUT2D eigenvalue weighted by molar-refractivity contribution is 7.98. The molecule has 39 heavy (non-hydrogen) atoms. The molecule has 0 bridgehead atoms. The number of halogens is 1. The van der Waals surface area contributed by atoms with E-state index in [4.69, 9.17) is 16.6 Å². The van der Waals surface area contributed by atoms with E-state index < -0.39 is 0 Å². The highest BCUT2D eigenvalue weighted by Crippen LogP contribution is 2.27. The van der Waals surface area contributed by atoms with Gasteiger partial charge in [0.2, 0.25) is 0 Å². The summed E-state index contributed by atoms with van der Waals surface area (Å²) in [6.45, 7) is 9.83. The largest absolute Gasteiger partial charge is 0.368 e. The Morgan fingerprint density at radius 3 is 2.38 bits per heavy atom. The van der Waals surface area contributed by atoms with Crippen LogP contribution in [0.1, 0.15) is 32.6 Å². The Morgan fingerprint density at radius 1 is 0.846 bits per heavy atom. The van der Waals surface area contributed by atoms with E-state index in [-0.39, 0.29) is 5.91 Å². The molecule has 0 aliphatic carbocycles. The minimum atomic E-state index is -0.128. The van der Waals surface area contributed by atoms with Crippen molar-refractivity contribution in [2.24, 2.45) is 0 Å². The molecule has 0 radical (unpaired) electrons. The lowest BCUT2D eigenvalue weighted by Gasteiger charge is -2.37. The minimum Gasteiger partial charge on any atom is -0.368 e. The van der Waals surface area contributed by atoms with E-state index in [1.165, 1.54) is 28.6 Å². The number of aryl methyl sites for hydroxylation is 3. The minimum absolute atomic E-state index is 0.128. The molecule has 0 unspecified atom stereocenters. The summed E-state index contributed by atoms with van der Waals surface area (Å²) in [6.07, 6.45) is 0. The van der Waals surface area contributed by atoms with Gasteiger partial charge in [-0.1, -0.05) is 59.8 Å². The molecule has 200 valence electrons. The first-order valence-corrected chi connectivity index (χ1v) is 14.4. The summed E-state index contributed by atoms with van der Waals surface area (Å²) in [5.41, 5.74) is 7.35. The van der Waals surface area contributed by atoms with Gasteiger partial charge in [0.05, 0.1) is 0 Å². The number of anilines is 3. The Hall–Kier alpha value is -3.55. The molecule has 1 saturated heterocycles. The van der Waals surface area contributed by atoms with E-state index >= 15 is 0 Å². The van der Waals surface area contributed by atoms with Crippen LogP contribution in [0.25, 0.3) is 0 Å². The van der Waals surface area contributed by atoms with Crippen LogP contribution in [0.5, 0.6) is 0 Å². The number of hydrogen-bond acceptors (Lipinski definition) is 6. The molecular formula is C31H32ClN5OS. The van der Waals surface area contributed by atoms with Crippen molar-refractivity contribution in [1.29, 1.82) is 0 Å². The van der Waals surface area contributed by atoms with Gasteiger partial charge in [0, 0.05) is 54.9 Å². The van der Waals surface area contributed by atoms with Crippen molar-refractivity contribution in [1.82, 2.24) is 9.97 Å². The normalized spacial score (nSPS) is 13.4. The standard InChI is InChI=1S/C31H32ClN5OS/c1-21-11-12-26(17-23(21)3)33-30(38)25-9-6-8-24(18-25)20-39-31-34-28(32)19-29(35-31)37-15-13-36(14-16-37)27-10-5-4-7-22(27)2/h4-12,17-19H,13-16,20H2,1-3H3,(H,33,38). The van der Waals surface area contributed by atoms with Gasteiger partial charge >= 0.3 is 0 Å². The predicted molar refractivity (Wildman–Crippen MR) is 163 cm³/mol. The van der Waals surface area contributed by atoms with Crippen LogP contribution in [0, 0.1) is 20.8 Å². The van der Waals surface area contributed by atoms with Crippen molar-refractivity contribution in [3.63, 3.8) is 0 Å². The molecule has 1 aliphatic heterocycles. The lowest BCUT2D eigenvalue weighted by atomic mass is 10.1. The first kappa shape index (κ1) is 27.0. The van der Waals surface area contributed by atoms with Crippen LogP contribution in [0.2, 0.25) is 5.15 Å². The van der Waals surface area contributed by atoms with Gasteiger partial charge in [-0.25, -0.2) is 9.97 Å². The van der Waals surface area contributed by atoms with Crippen LogP contribution < -0.4 is 15.1 Å². The van der Waals surface area contributed by atoms with E-state index in [0.29, 0.717) is 21.6 Å². The number of nitrogens with zero attached hydrogens (tertiary/aromatic N) is 4. The summed E-state index contributed by atoms with van der Waals surface area (Å²) in [6, 6.07) is 23.9. The van der Waals surface area contributed by atoms with Crippen molar-refractivity contribution in [2.75, 3.05) is 41.3 Å². The van der Waals surface area contributed by atoms with Crippen molar-refractivity contribution in [3.05, 3.63) is 106 Å². The number of carbonyl (C=O) groups excluding carboxylic acids is 1. The quantitative estimate of drug-likeness (QED) is 0.151. The van der Waals surface area contributed by atoms with E-state index in [2.05, 4.69) is 58.2 Å². The number of nitrogens with one attached hydrogen (secondary N) is 1. The Kier molecular flexibility index (Phi) is 8.38. The van der Waals surface area contributed by atoms with Gasteiger partial charge in [-0.05, 0) is 73.4 Å². The van der Waals surface area contributed by atoms with Gasteiger partial charge < -0.3 is 15.1 Å². The molecule has 1 N–H and O–H groups in total. The lowest BCUT2D eigenvalue weighted by Crippen LogP contribution is -2.47. The van der Waals surface area contributed by atoms with Crippen LogP contribution in [-0.2, 0) is 5.75 Å². The topological polar surface area (TPSA) is 61.4 Å². The van der Waals surface area contributed by atoms with E-state index in [1.54, 1.807) is 0 Å². The summed E-state index contributed by atoms with van der Waals surface area (Å²) in [5, 5.41) is 4.06. The van der Waals surface area contributed by atoms with Crippen LogP contribution in [0.15, 0.2) is 78.0 Å². The zero-order valence-corrected chi connectivity index (χ0v) is 24.0. The van der Waals surface area contributed by atoms with E-state index in [1.807, 2.05) is 55.5 Å². The maximum atomic E-state index is 12.9. The zero-order valence-electron chi connectivity index (χ0n) is 22.4. The molecule has 6 nitrogen and oxygen atoms in total. The second-order valence-electron chi connectivity index (χ2n) is 9.83. The third kappa shape index (κ3) is 6.72. The monoisotopic (exact) mass is 557 g/mol. The van der Waals surface area contributed by atoms with Gasteiger partial charge in [0.1, 0.15) is 11.0 Å². The first-order valence-electron chi connectivity index (χ1n) is 13.1. The summed E-state index contributed by atoms with van der Waals surface area (Å²) < 4.78 is 0. The maximum Gasteiger partial charge on any atom is 0.255 e. The van der Waals surface area contributed by atoms with Crippen molar-refractivity contribution >= 4 is 46.5 Å². The third-order valence-corrected chi connectivity index (χ3v) is 8.15. The van der Waals surface area contributed by atoms with Crippen LogP contribution >= 0.6 is 23.4 Å². The number of para-hydroxylation sites is 1. The molecule has 0 spiro atoms. The average Bonchev–Trinajstić information content (AvgIpc) is 2.94. The maximum absolute atomic E-state index is 12.9. The lowest BCUT2D eigenvalue weighted by molar-refractivity contribution is 0.102. The summed E-state index contributed by atoms with van der Waals surface area (Å²) in [7, 11) is 0. The summed E-state index contributed by atoms with van der Waals surface area (Å²) in [5.74, 6) is 1.35. The van der Waals surface area contributed by atoms with Crippen molar-refractivity contribution in [3.8, 4) is 0 Å². The molecule has 4 aromatic rings. The highest BCUT2D eigenvalue weighted by Gasteiger charge is 2.20. The molecule has 0 atom stereocenters. The summed E-state index contributed by atoms with van der Waals surface area (Å²) >= 11 is 7.92. The molecule has 2 heterocycles. The molecular weight excluding hydrogens is 526 g/mol. The van der Waals surface area contributed by atoms with E-state index in [0.717, 1.165) is 48.8 Å². The second kappa shape index (κ2) is 12.1. The third-order valence-electron chi connectivity index (χ3n) is 7.04. The molecule has 1 amide bonds. The highest BCUT2D eigenvalue weighted by atomic mass is 35.5. The Bertz CT molecular complexity index is 1490. The second-order valence-corrected chi connectivity index (χ2v) is 11.2. The fraction of sp³-hybridized carbons (Fsp3) is 0.258. The molecule has 3 aromatic carbocycles. The van der Waals surface area contributed by atoms with Crippen LogP contribution in [-0.4, -0.2) is 42.1 Å². The van der Waals surface area contributed by atoms with Crippen LogP contribution in [0.4, 0.5) is 17.2 Å². The Balaban J connectivity index is 1.21. The number of hydrogen-bond donors (Lipinski definition) is 1. The van der Waals surface area contributed by atoms with Gasteiger partial charge in [0.15, 0.2) is 5.16 Å². The van der Waals surface area contributed by atoms with Gasteiger partial charge in [-0.2, -0.15) is 0 Å². The van der Waals surface area contributed by atoms with Crippen LogP contribution in [0.3, 0.4) is 0 Å². The van der Waals surface area contributed by atoms with Gasteiger partial charge in [-0.15, -0.1) is 0 Å². The first-order chi connectivity index (χ1) is 18.9. The molecule has 8 heteroatoms. The number of piperazine rings is 1. The predicted octanol–water partition coefficient (Wildman–Crippen LogP) is 6.93. The zero-order chi connectivity index (χ0) is 27.4. The number of thioether (sulfide) groups is 1. The van der Waals surface area contributed by atoms with Gasteiger partial charge in [0.25, 0.3) is 5.91 Å². The fourth-order valence-electron chi connectivity index (χ4n) is 4.68. The van der Waals surface area contributed by atoms with Crippen molar-refractivity contribution < 1.29 is 4.79 Å². The average molecular weight is 558 g/mol. The number of benzene rings is 3. The number of amides is 1. The molecule has 1 aliphatic rings. The number of carbonyl (C=O) groups is 1.